The molecule has 0 saturated carbocycles. The normalized spacial score (nSPS) is 16.5. The molecule has 406 valence electrons. The highest BCUT2D eigenvalue weighted by molar-refractivity contribution is 8.77. The smallest absolute Gasteiger partial charge is 0.261 e. The number of fused-ring (bicyclic) bond motifs is 8. The summed E-state index contributed by atoms with van der Waals surface area (Å²) in [6.07, 6.45) is 7.00. The Bertz CT molecular complexity index is 3070. The molecule has 0 saturated heterocycles. The number of ketones is 1. The molecule has 0 aliphatic carbocycles. The molecule has 4 heterocycles. The van der Waals surface area contributed by atoms with Gasteiger partial charge in [0, 0.05) is 77.8 Å². The van der Waals surface area contributed by atoms with Crippen LogP contribution in [0.25, 0.3) is 0 Å². The summed E-state index contributed by atoms with van der Waals surface area (Å²) in [7, 11) is 6.35. The standard InChI is InChI=1S/C59H63N7O10S2/c1-34(67)13-12-20-77-78-59(4,5)19-18-54(68)62-35(2)55(69)63-36(3)56(70)64-41-22-37(32-75-52-28-46-44(26-50(52)73-6)57(71)65-42(30-60-46)24-39-14-8-10-16-48(39)65)21-38(23-41)33-76-53-29-47-45(27-51(53)74-7)58(72)66-43(31-61-47)25-40-15-9-11-17-49(40)66/h8-11,14-17,21-23,26-31,35-36,42-43H,12-13,18-20,24-25,32-33H2,1-7H3,(H,62,68)(H,63,69)(H,64,70)/t35-,36+,42-,43-/m0/s1. The number of rotatable bonds is 22. The van der Waals surface area contributed by atoms with Crippen molar-refractivity contribution in [2.24, 2.45) is 9.98 Å². The monoisotopic (exact) mass is 1090 g/mol. The third-order valence-corrected chi connectivity index (χ3v) is 17.3. The van der Waals surface area contributed by atoms with E-state index in [0.717, 1.165) is 34.7 Å². The summed E-state index contributed by atoms with van der Waals surface area (Å²) < 4.78 is 24.2. The summed E-state index contributed by atoms with van der Waals surface area (Å²) in [5, 5.41) is 8.41. The van der Waals surface area contributed by atoms with Gasteiger partial charge in [-0.25, -0.2) is 0 Å². The van der Waals surface area contributed by atoms with E-state index in [9.17, 15) is 28.8 Å². The summed E-state index contributed by atoms with van der Waals surface area (Å²) in [6, 6.07) is 25.2. The predicted octanol–water partition coefficient (Wildman–Crippen LogP) is 9.69. The molecule has 0 bridgehead atoms. The fourth-order valence-electron chi connectivity index (χ4n) is 9.77. The van der Waals surface area contributed by atoms with Crippen LogP contribution in [0.4, 0.5) is 28.4 Å². The lowest BCUT2D eigenvalue weighted by Gasteiger charge is -2.23. The quantitative estimate of drug-likeness (QED) is 0.0438. The fraction of sp³-hybridized carbons (Fsp3) is 0.356. The maximum atomic E-state index is 14.1. The van der Waals surface area contributed by atoms with Crippen LogP contribution in [0.2, 0.25) is 0 Å². The van der Waals surface area contributed by atoms with Crippen molar-refractivity contribution in [3.8, 4) is 23.0 Å². The molecule has 78 heavy (non-hydrogen) atoms. The summed E-state index contributed by atoms with van der Waals surface area (Å²) in [4.78, 5) is 92.7. The Labute approximate surface area is 461 Å². The molecule has 9 rings (SSSR count). The number of Topliss-reactive ketones (excluding diaryl/α,β-unsaturated/α-hetero) is 1. The van der Waals surface area contributed by atoms with Gasteiger partial charge in [-0.15, -0.1) is 0 Å². The number of nitrogens with one attached hydrogen (secondary N) is 3. The molecule has 5 amide bonds. The van der Waals surface area contributed by atoms with Crippen molar-refractivity contribution < 1.29 is 47.7 Å². The van der Waals surface area contributed by atoms with Gasteiger partial charge >= 0.3 is 0 Å². The Hall–Kier alpha value is -7.64. The molecule has 5 aromatic rings. The number of benzene rings is 5. The summed E-state index contributed by atoms with van der Waals surface area (Å²) in [5.74, 6) is 0.576. The fourth-order valence-corrected chi connectivity index (χ4v) is 12.4. The molecule has 4 atom stereocenters. The number of carbonyl (C=O) groups is 6. The van der Waals surface area contributed by atoms with Gasteiger partial charge in [-0.05, 0) is 112 Å². The van der Waals surface area contributed by atoms with Gasteiger partial charge in [-0.1, -0.05) is 58.0 Å². The first-order valence-electron chi connectivity index (χ1n) is 25.9. The summed E-state index contributed by atoms with van der Waals surface area (Å²) in [5.41, 5.74) is 7.04. The molecule has 0 aromatic heterocycles. The first kappa shape index (κ1) is 55.1. The third-order valence-electron chi connectivity index (χ3n) is 13.9. The number of hydrogen-bond acceptors (Lipinski definition) is 14. The maximum Gasteiger partial charge on any atom is 0.261 e. The Balaban J connectivity index is 0.904. The molecule has 0 unspecified atom stereocenters. The summed E-state index contributed by atoms with van der Waals surface area (Å²) in [6.45, 7) is 8.77. The molecule has 19 heteroatoms. The molecule has 0 fully saturated rings. The second-order valence-electron chi connectivity index (χ2n) is 20.3. The van der Waals surface area contributed by atoms with Crippen LogP contribution in [0.3, 0.4) is 0 Å². The van der Waals surface area contributed by atoms with Gasteiger partial charge in [0.05, 0.1) is 48.8 Å². The predicted molar refractivity (Wildman–Crippen MR) is 306 cm³/mol. The van der Waals surface area contributed by atoms with Crippen LogP contribution in [-0.4, -0.2) is 96.6 Å². The van der Waals surface area contributed by atoms with Crippen LogP contribution in [0.15, 0.2) is 101 Å². The number of ether oxygens (including phenoxy) is 4. The molecule has 5 aromatic carbocycles. The molecular formula is C59H63N7O10S2. The lowest BCUT2D eigenvalue weighted by Crippen LogP contribution is -2.50. The highest BCUT2D eigenvalue weighted by atomic mass is 33.1. The number of para-hydroxylation sites is 2. The van der Waals surface area contributed by atoms with Gasteiger partial charge in [0.2, 0.25) is 17.7 Å². The van der Waals surface area contributed by atoms with Crippen molar-refractivity contribution >= 4 is 97.8 Å². The molecule has 4 aliphatic rings. The van der Waals surface area contributed by atoms with E-state index in [1.165, 1.54) is 14.2 Å². The average molecular weight is 1090 g/mol. The van der Waals surface area contributed by atoms with E-state index in [0.29, 0.717) is 88.0 Å². The van der Waals surface area contributed by atoms with Crippen LogP contribution in [0.1, 0.15) is 103 Å². The molecule has 0 spiro atoms. The second kappa shape index (κ2) is 23.9. The number of anilines is 3. The van der Waals surface area contributed by atoms with Crippen LogP contribution in [0.5, 0.6) is 23.0 Å². The van der Waals surface area contributed by atoms with Crippen molar-refractivity contribution in [3.63, 3.8) is 0 Å². The highest BCUT2D eigenvalue weighted by Gasteiger charge is 2.38. The Morgan fingerprint density at radius 2 is 1.19 bits per heavy atom. The number of hydrogen-bond donors (Lipinski definition) is 3. The zero-order chi connectivity index (χ0) is 55.3. The van der Waals surface area contributed by atoms with Crippen LogP contribution >= 0.6 is 21.6 Å². The lowest BCUT2D eigenvalue weighted by atomic mass is 10.1. The van der Waals surface area contributed by atoms with E-state index < -0.39 is 23.9 Å². The van der Waals surface area contributed by atoms with Gasteiger partial charge in [-0.2, -0.15) is 0 Å². The van der Waals surface area contributed by atoms with E-state index in [-0.39, 0.29) is 60.0 Å². The van der Waals surface area contributed by atoms with E-state index >= 15 is 0 Å². The summed E-state index contributed by atoms with van der Waals surface area (Å²) >= 11 is 0. The first-order chi connectivity index (χ1) is 37.5. The topological polar surface area (TPSA) is 207 Å². The van der Waals surface area contributed by atoms with Crippen molar-refractivity contribution in [1.29, 1.82) is 0 Å². The van der Waals surface area contributed by atoms with Gasteiger partial charge in [0.15, 0.2) is 23.0 Å². The Morgan fingerprint density at radius 1 is 0.679 bits per heavy atom. The maximum absolute atomic E-state index is 14.1. The Kier molecular flexibility index (Phi) is 16.9. The van der Waals surface area contributed by atoms with E-state index in [4.69, 9.17) is 28.9 Å². The molecule has 0 radical (unpaired) electrons. The molecule has 3 N–H and O–H groups in total. The zero-order valence-corrected chi connectivity index (χ0v) is 46.3. The van der Waals surface area contributed by atoms with Crippen molar-refractivity contribution in [2.75, 3.05) is 35.1 Å². The number of methoxy groups -OCH3 is 2. The molecule has 4 aliphatic heterocycles. The number of nitrogens with zero attached hydrogens (tertiary/aromatic N) is 4. The van der Waals surface area contributed by atoms with Crippen LogP contribution in [-0.2, 0) is 45.2 Å². The minimum Gasteiger partial charge on any atom is -0.493 e. The lowest BCUT2D eigenvalue weighted by molar-refractivity contribution is -0.130. The number of amides is 5. The van der Waals surface area contributed by atoms with Gasteiger partial charge in [0.1, 0.15) is 31.1 Å². The minimum absolute atomic E-state index is 0.0231. The second-order valence-corrected chi connectivity index (χ2v) is 23.5. The Morgan fingerprint density at radius 3 is 1.71 bits per heavy atom. The minimum atomic E-state index is -1.01. The molecular weight excluding hydrogens is 1030 g/mol. The van der Waals surface area contributed by atoms with E-state index in [2.05, 4.69) is 29.8 Å². The molecule has 17 nitrogen and oxygen atoms in total. The van der Waals surface area contributed by atoms with E-state index in [1.54, 1.807) is 101 Å². The number of aliphatic imine (C=N–C) groups is 2. The zero-order valence-electron chi connectivity index (χ0n) is 44.7. The highest BCUT2D eigenvalue weighted by Crippen LogP contribution is 2.44. The number of carbonyl (C=O) groups excluding carboxylic acids is 6. The SMILES string of the molecule is COc1cc2c(cc1OCc1cc(COc3cc4c(cc3OC)C(=O)N3c5ccccc5C[C@H]3C=N4)cc(NC(=O)[C@@H](C)NC(=O)[C@H](C)NC(=O)CCC(C)(C)SSCCCC(C)=O)c1)N=C[C@@H]1Cc3ccccc3N1C2=O. The van der Waals surface area contributed by atoms with Crippen LogP contribution in [0, 0.1) is 0 Å². The third kappa shape index (κ3) is 12.5. The van der Waals surface area contributed by atoms with Gasteiger partial charge in [0.25, 0.3) is 11.8 Å². The van der Waals surface area contributed by atoms with Gasteiger partial charge < -0.3 is 39.7 Å². The van der Waals surface area contributed by atoms with Crippen molar-refractivity contribution in [3.05, 3.63) is 124 Å². The van der Waals surface area contributed by atoms with Gasteiger partial charge in [-0.3, -0.25) is 43.8 Å². The average Bonchev–Trinajstić information content (AvgIpc) is 3.97. The van der Waals surface area contributed by atoms with Crippen molar-refractivity contribution in [2.45, 2.75) is 115 Å². The van der Waals surface area contributed by atoms with Crippen molar-refractivity contribution in [1.82, 2.24) is 10.6 Å². The largest absolute Gasteiger partial charge is 0.493 e. The van der Waals surface area contributed by atoms with Crippen LogP contribution < -0.4 is 44.7 Å². The van der Waals surface area contributed by atoms with E-state index in [1.807, 2.05) is 54.6 Å². The first-order valence-corrected chi connectivity index (χ1v) is 28.3.